The predicted octanol–water partition coefficient (Wildman–Crippen LogP) is 0.944. The average molecular weight is 157 g/mol. The van der Waals surface area contributed by atoms with E-state index in [0.717, 1.165) is 0 Å². The first kappa shape index (κ1) is 7.52. The Bertz CT molecular complexity index is 250. The van der Waals surface area contributed by atoms with Crippen molar-refractivity contribution in [2.75, 3.05) is 6.66 Å². The molecule has 0 bridgehead atoms. The molecule has 0 fully saturated rings. The molecule has 3 heteroatoms. The van der Waals surface area contributed by atoms with Crippen LogP contribution in [0.25, 0.3) is 0 Å². The third-order valence-electron chi connectivity index (χ3n) is 1.25. The van der Waals surface area contributed by atoms with Crippen LogP contribution in [0, 0.1) is 0 Å². The zero-order valence-electron chi connectivity index (χ0n) is 5.74. The summed E-state index contributed by atoms with van der Waals surface area (Å²) in [5, 5.41) is 0.620. The Morgan fingerprint density at radius 2 is 1.80 bits per heavy atom. The summed E-state index contributed by atoms with van der Waals surface area (Å²) in [4.78, 5) is 7.23. The van der Waals surface area contributed by atoms with Crippen LogP contribution >= 0.6 is 7.37 Å². The van der Waals surface area contributed by atoms with E-state index in [2.05, 4.69) is 0 Å². The van der Waals surface area contributed by atoms with Crippen molar-refractivity contribution in [3.05, 3.63) is 30.3 Å². The standard InChI is InChI=1S/C7H9O2P/c1-10(8,9)7-5-3-2-4-6-7/h2-6H,1H3,(H,8,9)/p+1. The molecule has 1 aromatic rings. The van der Waals surface area contributed by atoms with E-state index in [-0.39, 0.29) is 0 Å². The van der Waals surface area contributed by atoms with Crippen molar-refractivity contribution in [3.8, 4) is 0 Å². The molecule has 10 heavy (non-hydrogen) atoms. The Kier molecular flexibility index (Phi) is 1.93. The van der Waals surface area contributed by atoms with Gasteiger partial charge in [-0.25, -0.2) is 4.57 Å². The molecule has 0 saturated carbocycles. The maximum Gasteiger partial charge on any atom is 0.358 e. The molecule has 2 nitrogen and oxygen atoms in total. The number of hydrogen-bond donors (Lipinski definition) is 0. The van der Waals surface area contributed by atoms with E-state index in [9.17, 15) is 4.57 Å². The van der Waals surface area contributed by atoms with Crippen LogP contribution in [0.15, 0.2) is 30.3 Å². The summed E-state index contributed by atoms with van der Waals surface area (Å²) in [6.07, 6.45) is 0. The number of benzene rings is 1. The second-order valence-electron chi connectivity index (χ2n) is 2.26. The van der Waals surface area contributed by atoms with E-state index >= 15 is 0 Å². The van der Waals surface area contributed by atoms with E-state index in [1.54, 1.807) is 24.3 Å². The Morgan fingerprint density at radius 3 is 2.10 bits per heavy atom. The molecule has 1 atom stereocenters. The lowest BCUT2D eigenvalue weighted by Crippen LogP contribution is -2.00. The summed E-state index contributed by atoms with van der Waals surface area (Å²) in [7, 11) is -2.77. The highest BCUT2D eigenvalue weighted by Gasteiger charge is 2.17. The summed E-state index contributed by atoms with van der Waals surface area (Å²) in [5.74, 6) is 0. The SMILES string of the molecule is CP(=O)([OH2+])c1ccccc1. The molecule has 2 N–H and O–H groups in total. The minimum absolute atomic E-state index is 0.620. The molecule has 0 amide bonds. The van der Waals surface area contributed by atoms with Gasteiger partial charge in [-0.15, -0.1) is 0 Å². The van der Waals surface area contributed by atoms with Crippen LogP contribution in [-0.4, -0.2) is 11.6 Å². The van der Waals surface area contributed by atoms with E-state index in [0.29, 0.717) is 5.30 Å². The van der Waals surface area contributed by atoms with Crippen molar-refractivity contribution < 1.29 is 9.46 Å². The average Bonchev–Trinajstić information content (AvgIpc) is 1.88. The Balaban J connectivity index is 3.09. The van der Waals surface area contributed by atoms with Crippen LogP contribution in [0.5, 0.6) is 0 Å². The van der Waals surface area contributed by atoms with E-state index < -0.39 is 7.37 Å². The van der Waals surface area contributed by atoms with Gasteiger partial charge in [-0.3, -0.25) is 0 Å². The van der Waals surface area contributed by atoms with Gasteiger partial charge in [-0.2, -0.15) is 0 Å². The fourth-order valence-corrected chi connectivity index (χ4v) is 1.45. The van der Waals surface area contributed by atoms with Crippen molar-refractivity contribution in [2.24, 2.45) is 0 Å². The molecular weight excluding hydrogens is 147 g/mol. The second-order valence-corrected chi connectivity index (χ2v) is 4.62. The maximum atomic E-state index is 11.1. The van der Waals surface area contributed by atoms with Crippen molar-refractivity contribution in [2.45, 2.75) is 0 Å². The van der Waals surface area contributed by atoms with Crippen LogP contribution in [0.1, 0.15) is 0 Å². The highest BCUT2D eigenvalue weighted by Crippen LogP contribution is 2.33. The van der Waals surface area contributed by atoms with Gasteiger partial charge in [-0.1, -0.05) is 18.2 Å². The molecule has 1 aromatic carbocycles. The highest BCUT2D eigenvalue weighted by molar-refractivity contribution is 7.65. The lowest BCUT2D eigenvalue weighted by molar-refractivity contribution is 0.496. The molecule has 0 aliphatic heterocycles. The molecule has 0 aliphatic carbocycles. The largest absolute Gasteiger partial charge is 0.409 e. The highest BCUT2D eigenvalue weighted by atomic mass is 31.2. The summed E-state index contributed by atoms with van der Waals surface area (Å²) in [6, 6.07) is 8.86. The first-order valence-corrected chi connectivity index (χ1v) is 5.14. The van der Waals surface area contributed by atoms with Gasteiger partial charge in [0.25, 0.3) is 0 Å². The van der Waals surface area contributed by atoms with Gasteiger partial charge in [0.15, 0.2) is 0 Å². The third kappa shape index (κ3) is 1.69. The van der Waals surface area contributed by atoms with Crippen molar-refractivity contribution >= 4 is 12.7 Å². The Hall–Kier alpha value is -0.590. The monoisotopic (exact) mass is 157 g/mol. The molecule has 54 valence electrons. The minimum atomic E-state index is -2.77. The van der Waals surface area contributed by atoms with Gasteiger partial charge < -0.3 is 4.89 Å². The minimum Gasteiger partial charge on any atom is -0.409 e. The lowest BCUT2D eigenvalue weighted by atomic mass is 10.4. The van der Waals surface area contributed by atoms with Crippen molar-refractivity contribution in [3.63, 3.8) is 0 Å². The second kappa shape index (κ2) is 2.57. The van der Waals surface area contributed by atoms with Gasteiger partial charge in [0.05, 0.1) is 12.0 Å². The van der Waals surface area contributed by atoms with E-state index in [1.165, 1.54) is 6.66 Å². The van der Waals surface area contributed by atoms with Gasteiger partial charge >= 0.3 is 7.37 Å². The molecule has 1 unspecified atom stereocenters. The smallest absolute Gasteiger partial charge is 0.358 e. The molecule has 0 spiro atoms. The van der Waals surface area contributed by atoms with Crippen molar-refractivity contribution in [1.29, 1.82) is 0 Å². The molecule has 0 aliphatic rings. The molecular formula is C7H10O2P+. The van der Waals surface area contributed by atoms with Gasteiger partial charge in [0.1, 0.15) is 0 Å². The van der Waals surface area contributed by atoms with Gasteiger partial charge in [-0.05, 0) is 12.1 Å². The Morgan fingerprint density at radius 1 is 1.30 bits per heavy atom. The van der Waals surface area contributed by atoms with Crippen LogP contribution in [0.4, 0.5) is 0 Å². The quantitative estimate of drug-likeness (QED) is 0.441. The summed E-state index contributed by atoms with van der Waals surface area (Å²) in [5.41, 5.74) is 0. The zero-order valence-corrected chi connectivity index (χ0v) is 6.64. The molecule has 0 aromatic heterocycles. The normalized spacial score (nSPS) is 16.2. The maximum absolute atomic E-state index is 11.1. The van der Waals surface area contributed by atoms with Crippen molar-refractivity contribution in [1.82, 2.24) is 0 Å². The number of rotatable bonds is 1. The molecule has 0 saturated heterocycles. The number of hydrogen-bond acceptors (Lipinski definition) is 1. The van der Waals surface area contributed by atoms with Crippen LogP contribution in [0.3, 0.4) is 0 Å². The van der Waals surface area contributed by atoms with Crippen LogP contribution in [-0.2, 0) is 4.57 Å². The first-order valence-electron chi connectivity index (χ1n) is 2.99. The van der Waals surface area contributed by atoms with E-state index in [4.69, 9.17) is 4.89 Å². The third-order valence-corrected chi connectivity index (χ3v) is 2.53. The molecule has 0 heterocycles. The lowest BCUT2D eigenvalue weighted by Gasteiger charge is -1.97. The summed E-state index contributed by atoms with van der Waals surface area (Å²) < 4.78 is 11.1. The fraction of sp³-hybridized carbons (Fsp3) is 0.143. The van der Waals surface area contributed by atoms with E-state index in [1.807, 2.05) is 6.07 Å². The van der Waals surface area contributed by atoms with Crippen LogP contribution in [0.2, 0.25) is 0 Å². The van der Waals surface area contributed by atoms with Crippen LogP contribution < -0.4 is 5.30 Å². The predicted molar refractivity (Wildman–Crippen MR) is 43.2 cm³/mol. The summed E-state index contributed by atoms with van der Waals surface area (Å²) >= 11 is 0. The van der Waals surface area contributed by atoms with Gasteiger partial charge in [0.2, 0.25) is 0 Å². The first-order chi connectivity index (χ1) is 4.61. The summed E-state index contributed by atoms with van der Waals surface area (Å²) in [6.45, 7) is 1.45. The Labute approximate surface area is 60.0 Å². The van der Waals surface area contributed by atoms with Gasteiger partial charge in [0, 0.05) is 0 Å². The molecule has 1 rings (SSSR count). The molecule has 0 radical (unpaired) electrons. The fourth-order valence-electron chi connectivity index (χ4n) is 0.712. The topological polar surface area (TPSA) is 40.0 Å². The zero-order chi connectivity index (χ0) is 7.61.